The molecule has 0 aliphatic carbocycles. The van der Waals surface area contributed by atoms with Crippen LogP contribution in [0.3, 0.4) is 0 Å². The zero-order valence-corrected chi connectivity index (χ0v) is 21.9. The van der Waals surface area contributed by atoms with Gasteiger partial charge in [0.2, 0.25) is 0 Å². The van der Waals surface area contributed by atoms with Crippen molar-refractivity contribution < 1.29 is 9.59 Å². The van der Waals surface area contributed by atoms with E-state index in [4.69, 9.17) is 0 Å². The van der Waals surface area contributed by atoms with Crippen LogP contribution in [0.4, 0.5) is 0 Å². The lowest BCUT2D eigenvalue weighted by Crippen LogP contribution is -2.21. The second-order valence-electron chi connectivity index (χ2n) is 9.96. The van der Waals surface area contributed by atoms with Crippen molar-refractivity contribution in [1.29, 1.82) is 0 Å². The highest BCUT2D eigenvalue weighted by molar-refractivity contribution is 5.92. The highest BCUT2D eigenvalue weighted by atomic mass is 16.1. The first-order chi connectivity index (χ1) is 19.2. The van der Waals surface area contributed by atoms with Gasteiger partial charge in [-0.2, -0.15) is 0 Å². The Kier molecular flexibility index (Phi) is 8.55. The van der Waals surface area contributed by atoms with Crippen LogP contribution in [0, 0.1) is 0 Å². The first kappa shape index (κ1) is 26.1. The Morgan fingerprint density at radius 3 is 0.846 bits per heavy atom. The number of carbonyl (C=O) groups is 2. The Morgan fingerprint density at radius 1 is 0.359 bits per heavy atom. The molecule has 0 radical (unpaired) electrons. The van der Waals surface area contributed by atoms with Crippen LogP contribution in [0.1, 0.15) is 58.4 Å². The van der Waals surface area contributed by atoms with Crippen molar-refractivity contribution in [2.75, 3.05) is 0 Å². The summed E-state index contributed by atoms with van der Waals surface area (Å²) in [5.41, 5.74) is 4.90. The molecule has 0 aliphatic heterocycles. The Morgan fingerprint density at radius 2 is 0.590 bits per heavy atom. The molecule has 0 saturated heterocycles. The second-order valence-corrected chi connectivity index (χ2v) is 9.96. The number of hydrogen-bond donors (Lipinski definition) is 0. The summed E-state index contributed by atoms with van der Waals surface area (Å²) in [5.74, 6) is -0.758. The fourth-order valence-corrected chi connectivity index (χ4v) is 5.46. The van der Waals surface area contributed by atoms with Gasteiger partial charge in [-0.3, -0.25) is 9.59 Å². The molecule has 0 heterocycles. The van der Waals surface area contributed by atoms with Crippen molar-refractivity contribution in [3.05, 3.63) is 179 Å². The largest absolute Gasteiger partial charge is 0.299 e. The summed E-state index contributed by atoms with van der Waals surface area (Å²) in [6.45, 7) is 0. The lowest BCUT2D eigenvalue weighted by atomic mass is 9.78. The zero-order valence-electron chi connectivity index (χ0n) is 21.9. The number of benzene rings is 5. The van der Waals surface area contributed by atoms with Crippen LogP contribution in [0.25, 0.3) is 0 Å². The Bertz CT molecular complexity index is 1290. The Balaban J connectivity index is 1.48. The summed E-state index contributed by atoms with van der Waals surface area (Å²) in [6, 6.07) is 49.8. The fraction of sp³-hybridized carbons (Fsp3) is 0.135. The maximum atomic E-state index is 14.1. The van der Waals surface area contributed by atoms with Gasteiger partial charge < -0.3 is 0 Å². The van der Waals surface area contributed by atoms with Crippen LogP contribution in [0.15, 0.2) is 152 Å². The molecule has 39 heavy (non-hydrogen) atoms. The van der Waals surface area contributed by atoms with Crippen molar-refractivity contribution >= 4 is 11.6 Å². The minimum Gasteiger partial charge on any atom is -0.299 e. The third kappa shape index (κ3) is 6.48. The van der Waals surface area contributed by atoms with Gasteiger partial charge in [-0.1, -0.05) is 152 Å². The summed E-state index contributed by atoms with van der Waals surface area (Å²) in [5, 5.41) is 0. The SMILES string of the molecule is O=C(CC(CC(=O)C(c1ccccc1)c1ccccc1)c1ccccc1)C(c1ccccc1)c1ccccc1. The standard InChI is InChI=1S/C37H32O2/c38-34(36(29-18-8-2-9-19-29)30-20-10-3-11-21-30)26-33(28-16-6-1-7-17-28)27-35(39)37(31-22-12-4-13-23-31)32-24-14-5-15-25-32/h1-25,33,36-37H,26-27H2. The number of carbonyl (C=O) groups excluding carboxylic acids is 2. The molecule has 0 amide bonds. The lowest BCUT2D eigenvalue weighted by Gasteiger charge is -2.24. The minimum atomic E-state index is -0.382. The van der Waals surface area contributed by atoms with Crippen LogP contribution in [0.5, 0.6) is 0 Å². The van der Waals surface area contributed by atoms with E-state index in [1.54, 1.807) is 0 Å². The van der Waals surface area contributed by atoms with E-state index in [2.05, 4.69) is 0 Å². The topological polar surface area (TPSA) is 34.1 Å². The van der Waals surface area contributed by atoms with E-state index in [0.717, 1.165) is 27.8 Å². The predicted octanol–water partition coefficient (Wildman–Crippen LogP) is 8.35. The van der Waals surface area contributed by atoms with Gasteiger partial charge in [-0.05, 0) is 33.7 Å². The van der Waals surface area contributed by atoms with E-state index in [9.17, 15) is 9.59 Å². The quantitative estimate of drug-likeness (QED) is 0.180. The van der Waals surface area contributed by atoms with Gasteiger partial charge in [0.05, 0.1) is 11.8 Å². The van der Waals surface area contributed by atoms with Crippen LogP contribution in [-0.2, 0) is 9.59 Å². The van der Waals surface area contributed by atoms with E-state index in [-0.39, 0.29) is 42.2 Å². The van der Waals surface area contributed by atoms with Gasteiger partial charge in [0.15, 0.2) is 0 Å². The minimum absolute atomic E-state index is 0.116. The van der Waals surface area contributed by atoms with Crippen molar-refractivity contribution in [2.45, 2.75) is 30.6 Å². The smallest absolute Gasteiger partial charge is 0.145 e. The fourth-order valence-electron chi connectivity index (χ4n) is 5.46. The Hall–Kier alpha value is -4.56. The first-order valence-corrected chi connectivity index (χ1v) is 13.5. The van der Waals surface area contributed by atoms with Gasteiger partial charge in [-0.25, -0.2) is 0 Å². The van der Waals surface area contributed by atoms with Crippen molar-refractivity contribution in [3.8, 4) is 0 Å². The number of rotatable bonds is 11. The second kappa shape index (κ2) is 12.8. The van der Waals surface area contributed by atoms with Crippen LogP contribution >= 0.6 is 0 Å². The summed E-state index contributed by atoms with van der Waals surface area (Å²) in [6.07, 6.45) is 0.557. The molecule has 0 unspecified atom stereocenters. The van der Waals surface area contributed by atoms with Gasteiger partial charge in [0.25, 0.3) is 0 Å². The zero-order chi connectivity index (χ0) is 26.9. The number of hydrogen-bond acceptors (Lipinski definition) is 2. The lowest BCUT2D eigenvalue weighted by molar-refractivity contribution is -0.121. The molecule has 0 atom stereocenters. The average molecular weight is 509 g/mol. The third-order valence-corrected chi connectivity index (χ3v) is 7.34. The third-order valence-electron chi connectivity index (χ3n) is 7.34. The molecule has 0 aliphatic rings. The van der Waals surface area contributed by atoms with E-state index in [1.807, 2.05) is 152 Å². The van der Waals surface area contributed by atoms with Gasteiger partial charge in [0.1, 0.15) is 11.6 Å². The molecule has 2 heteroatoms. The molecule has 0 saturated carbocycles. The molecule has 0 spiro atoms. The molecule has 5 rings (SSSR count). The maximum absolute atomic E-state index is 14.1. The van der Waals surface area contributed by atoms with E-state index in [1.165, 1.54) is 0 Å². The van der Waals surface area contributed by atoms with Crippen LogP contribution in [-0.4, -0.2) is 11.6 Å². The average Bonchev–Trinajstić information content (AvgIpc) is 3.00. The van der Waals surface area contributed by atoms with E-state index in [0.29, 0.717) is 0 Å². The molecule has 2 nitrogen and oxygen atoms in total. The molecule has 5 aromatic carbocycles. The van der Waals surface area contributed by atoms with E-state index >= 15 is 0 Å². The summed E-state index contributed by atoms with van der Waals surface area (Å²) in [7, 11) is 0. The molecular formula is C37H32O2. The Labute approximate surface area is 231 Å². The summed E-state index contributed by atoms with van der Waals surface area (Å²) >= 11 is 0. The van der Waals surface area contributed by atoms with Gasteiger partial charge >= 0.3 is 0 Å². The molecule has 0 fully saturated rings. The summed E-state index contributed by atoms with van der Waals surface area (Å²) < 4.78 is 0. The molecule has 0 aromatic heterocycles. The van der Waals surface area contributed by atoms with Crippen molar-refractivity contribution in [1.82, 2.24) is 0 Å². The number of Topliss-reactive ketones (excluding diaryl/α,β-unsaturated/α-hetero) is 2. The molecule has 192 valence electrons. The highest BCUT2D eigenvalue weighted by Gasteiger charge is 2.30. The highest BCUT2D eigenvalue weighted by Crippen LogP contribution is 2.35. The number of ketones is 2. The van der Waals surface area contributed by atoms with Crippen molar-refractivity contribution in [3.63, 3.8) is 0 Å². The first-order valence-electron chi connectivity index (χ1n) is 13.5. The normalized spacial score (nSPS) is 11.2. The molecular weight excluding hydrogens is 476 g/mol. The van der Waals surface area contributed by atoms with Gasteiger partial charge in [0, 0.05) is 12.8 Å². The van der Waals surface area contributed by atoms with Crippen molar-refractivity contribution in [2.24, 2.45) is 0 Å². The molecule has 5 aromatic rings. The monoisotopic (exact) mass is 508 g/mol. The summed E-state index contributed by atoms with van der Waals surface area (Å²) in [4.78, 5) is 28.2. The maximum Gasteiger partial charge on any atom is 0.145 e. The van der Waals surface area contributed by atoms with E-state index < -0.39 is 0 Å². The van der Waals surface area contributed by atoms with Crippen LogP contribution < -0.4 is 0 Å². The predicted molar refractivity (Wildman–Crippen MR) is 158 cm³/mol. The van der Waals surface area contributed by atoms with Gasteiger partial charge in [-0.15, -0.1) is 0 Å². The molecule has 0 bridgehead atoms. The van der Waals surface area contributed by atoms with Crippen LogP contribution in [0.2, 0.25) is 0 Å². The molecule has 0 N–H and O–H groups in total.